The predicted octanol–water partition coefficient (Wildman–Crippen LogP) is 3.26. The van der Waals surface area contributed by atoms with Crippen molar-refractivity contribution < 1.29 is 4.52 Å². The maximum Gasteiger partial charge on any atom is 0.257 e. The normalized spacial score (nSPS) is 12.6. The molecule has 1 N–H and O–H groups in total. The van der Waals surface area contributed by atoms with E-state index in [0.29, 0.717) is 17.4 Å². The molecule has 0 bridgehead atoms. The molecular formula is C15H12N6OS. The third-order valence-corrected chi connectivity index (χ3v) is 4.40. The Kier molecular flexibility index (Phi) is 3.51. The van der Waals surface area contributed by atoms with Gasteiger partial charge in [-0.3, -0.25) is 0 Å². The highest BCUT2D eigenvalue weighted by Gasteiger charge is 2.18. The van der Waals surface area contributed by atoms with Crippen molar-refractivity contribution in [2.24, 2.45) is 0 Å². The van der Waals surface area contributed by atoms with E-state index in [1.54, 1.807) is 6.33 Å². The Bertz CT molecular complexity index is 935. The van der Waals surface area contributed by atoms with Crippen molar-refractivity contribution in [3.05, 3.63) is 48.8 Å². The number of aromatic nitrogens is 6. The largest absolute Gasteiger partial charge is 0.341 e. The first-order valence-corrected chi connectivity index (χ1v) is 7.89. The summed E-state index contributed by atoms with van der Waals surface area (Å²) in [6, 6.07) is 9.70. The van der Waals surface area contributed by atoms with Crippen LogP contribution in [0.4, 0.5) is 0 Å². The van der Waals surface area contributed by atoms with Gasteiger partial charge < -0.3 is 9.51 Å². The molecule has 0 aliphatic heterocycles. The maximum atomic E-state index is 5.35. The van der Waals surface area contributed by atoms with Crippen molar-refractivity contribution in [2.45, 2.75) is 17.2 Å². The third-order valence-electron chi connectivity index (χ3n) is 3.30. The minimum absolute atomic E-state index is 0.0161. The van der Waals surface area contributed by atoms with E-state index < -0.39 is 0 Å². The number of hydrogen-bond acceptors (Lipinski definition) is 7. The number of fused-ring (bicyclic) bond motifs is 1. The van der Waals surface area contributed by atoms with E-state index in [0.717, 1.165) is 16.1 Å². The highest BCUT2D eigenvalue weighted by Crippen LogP contribution is 2.35. The molecule has 3 aromatic heterocycles. The topological polar surface area (TPSA) is 93.4 Å². The molecule has 0 radical (unpaired) electrons. The summed E-state index contributed by atoms with van der Waals surface area (Å²) in [5.41, 5.74) is 2.37. The van der Waals surface area contributed by atoms with Gasteiger partial charge in [-0.2, -0.15) is 4.98 Å². The van der Waals surface area contributed by atoms with Gasteiger partial charge in [0.15, 0.2) is 11.5 Å². The summed E-state index contributed by atoms with van der Waals surface area (Å²) in [4.78, 5) is 20.1. The number of hydrogen-bond donors (Lipinski definition) is 1. The van der Waals surface area contributed by atoms with Gasteiger partial charge in [-0.1, -0.05) is 35.1 Å². The van der Waals surface area contributed by atoms with E-state index in [1.165, 1.54) is 18.1 Å². The molecule has 0 aliphatic carbocycles. The SMILES string of the molecule is C[C@H](Sc1ncnc2nc[nH]c12)c1noc(-c2ccccc2)n1. The first-order valence-electron chi connectivity index (χ1n) is 7.01. The van der Waals surface area contributed by atoms with Crippen LogP contribution in [-0.4, -0.2) is 30.1 Å². The first-order chi connectivity index (χ1) is 11.3. The first kappa shape index (κ1) is 13.9. The Hall–Kier alpha value is -2.74. The molecule has 0 aliphatic rings. The highest BCUT2D eigenvalue weighted by atomic mass is 32.2. The number of imidazole rings is 1. The quantitative estimate of drug-likeness (QED) is 0.455. The number of benzene rings is 1. The second-order valence-corrected chi connectivity index (χ2v) is 6.19. The summed E-state index contributed by atoms with van der Waals surface area (Å²) >= 11 is 1.53. The lowest BCUT2D eigenvalue weighted by atomic mass is 10.2. The molecule has 0 amide bonds. The summed E-state index contributed by atoms with van der Waals surface area (Å²) in [6.45, 7) is 2.01. The summed E-state index contributed by atoms with van der Waals surface area (Å²) < 4.78 is 5.35. The van der Waals surface area contributed by atoms with Crippen LogP contribution in [0.1, 0.15) is 18.0 Å². The molecule has 7 nitrogen and oxygen atoms in total. The van der Waals surface area contributed by atoms with Gasteiger partial charge >= 0.3 is 0 Å². The van der Waals surface area contributed by atoms with Crippen molar-refractivity contribution >= 4 is 22.9 Å². The zero-order valence-electron chi connectivity index (χ0n) is 12.2. The maximum absolute atomic E-state index is 5.35. The van der Waals surface area contributed by atoms with Gasteiger partial charge in [-0.05, 0) is 19.1 Å². The van der Waals surface area contributed by atoms with Crippen LogP contribution in [0.2, 0.25) is 0 Å². The molecule has 1 aromatic carbocycles. The van der Waals surface area contributed by atoms with Crippen LogP contribution < -0.4 is 0 Å². The van der Waals surface area contributed by atoms with Gasteiger partial charge in [-0.15, -0.1) is 0 Å². The monoisotopic (exact) mass is 324 g/mol. The van der Waals surface area contributed by atoms with Crippen molar-refractivity contribution in [3.8, 4) is 11.5 Å². The number of aromatic amines is 1. The molecule has 0 unspecified atom stereocenters. The Labute approximate surface area is 135 Å². The standard InChI is InChI=1S/C15H12N6OS/c1-9(23-15-11-13(17-7-16-11)18-8-19-15)12-20-14(22-21-12)10-5-3-2-4-6-10/h2-9H,1H3,(H,16,17,18,19)/t9-/m0/s1. The van der Waals surface area contributed by atoms with Crippen LogP contribution in [0.15, 0.2) is 52.5 Å². The average Bonchev–Trinajstić information content (AvgIpc) is 3.25. The second kappa shape index (κ2) is 5.81. The molecule has 0 saturated heterocycles. The van der Waals surface area contributed by atoms with Crippen molar-refractivity contribution in [1.29, 1.82) is 0 Å². The number of H-pyrrole nitrogens is 1. The summed E-state index contributed by atoms with van der Waals surface area (Å²) in [5, 5.41) is 4.88. The van der Waals surface area contributed by atoms with Crippen LogP contribution in [0, 0.1) is 0 Å². The average molecular weight is 324 g/mol. The van der Waals surface area contributed by atoms with Gasteiger partial charge in [-0.25, -0.2) is 15.0 Å². The molecule has 114 valence electrons. The van der Waals surface area contributed by atoms with E-state index >= 15 is 0 Å². The van der Waals surface area contributed by atoms with Gasteiger partial charge in [0.1, 0.15) is 16.9 Å². The van der Waals surface area contributed by atoms with Crippen LogP contribution in [0.3, 0.4) is 0 Å². The van der Waals surface area contributed by atoms with E-state index in [2.05, 4.69) is 30.1 Å². The molecule has 8 heteroatoms. The van der Waals surface area contributed by atoms with Crippen molar-refractivity contribution in [3.63, 3.8) is 0 Å². The number of rotatable bonds is 4. The fraction of sp³-hybridized carbons (Fsp3) is 0.133. The van der Waals surface area contributed by atoms with Crippen molar-refractivity contribution in [2.75, 3.05) is 0 Å². The van der Waals surface area contributed by atoms with Gasteiger partial charge in [0.05, 0.1) is 11.6 Å². The Morgan fingerprint density at radius 1 is 1.13 bits per heavy atom. The van der Waals surface area contributed by atoms with E-state index in [9.17, 15) is 0 Å². The minimum atomic E-state index is -0.0161. The molecule has 4 aromatic rings. The molecule has 0 fully saturated rings. The number of thioether (sulfide) groups is 1. The van der Waals surface area contributed by atoms with Crippen LogP contribution in [0.25, 0.3) is 22.6 Å². The molecule has 1 atom stereocenters. The van der Waals surface area contributed by atoms with Crippen LogP contribution >= 0.6 is 11.8 Å². The highest BCUT2D eigenvalue weighted by molar-refractivity contribution is 7.99. The Morgan fingerprint density at radius 2 is 2.00 bits per heavy atom. The lowest BCUT2D eigenvalue weighted by molar-refractivity contribution is 0.423. The van der Waals surface area contributed by atoms with Crippen molar-refractivity contribution in [1.82, 2.24) is 30.1 Å². The van der Waals surface area contributed by atoms with Crippen LogP contribution in [-0.2, 0) is 0 Å². The zero-order chi connectivity index (χ0) is 15.6. The number of nitrogens with one attached hydrogen (secondary N) is 1. The summed E-state index contributed by atoms with van der Waals surface area (Å²) in [6.07, 6.45) is 3.11. The smallest absolute Gasteiger partial charge is 0.257 e. The third kappa shape index (κ3) is 2.68. The molecule has 23 heavy (non-hydrogen) atoms. The summed E-state index contributed by atoms with van der Waals surface area (Å²) in [5.74, 6) is 1.14. The fourth-order valence-corrected chi connectivity index (χ4v) is 3.06. The van der Waals surface area contributed by atoms with Crippen LogP contribution in [0.5, 0.6) is 0 Å². The Morgan fingerprint density at radius 3 is 2.87 bits per heavy atom. The molecular weight excluding hydrogens is 312 g/mol. The summed E-state index contributed by atoms with van der Waals surface area (Å²) in [7, 11) is 0. The molecule has 0 saturated carbocycles. The molecule has 4 rings (SSSR count). The van der Waals surface area contributed by atoms with E-state index in [4.69, 9.17) is 4.52 Å². The fourth-order valence-electron chi connectivity index (χ4n) is 2.15. The van der Waals surface area contributed by atoms with E-state index in [-0.39, 0.29) is 5.25 Å². The van der Waals surface area contributed by atoms with E-state index in [1.807, 2.05) is 37.3 Å². The molecule has 3 heterocycles. The molecule has 0 spiro atoms. The lowest BCUT2D eigenvalue weighted by Gasteiger charge is -2.05. The Balaban J connectivity index is 1.59. The van der Waals surface area contributed by atoms with Gasteiger partial charge in [0.2, 0.25) is 0 Å². The van der Waals surface area contributed by atoms with Gasteiger partial charge in [0, 0.05) is 5.56 Å². The second-order valence-electron chi connectivity index (χ2n) is 4.86. The number of nitrogens with zero attached hydrogens (tertiary/aromatic N) is 5. The van der Waals surface area contributed by atoms with Gasteiger partial charge in [0.25, 0.3) is 5.89 Å². The predicted molar refractivity (Wildman–Crippen MR) is 85.7 cm³/mol. The lowest BCUT2D eigenvalue weighted by Crippen LogP contribution is -1.94. The zero-order valence-corrected chi connectivity index (χ0v) is 13.0. The minimum Gasteiger partial charge on any atom is -0.341 e.